The van der Waals surface area contributed by atoms with Crippen molar-refractivity contribution in [3.8, 4) is 6.07 Å². The molecule has 2 heterocycles. The minimum Gasteiger partial charge on any atom is -0.354 e. The average Bonchev–Trinajstić information content (AvgIpc) is 2.75. The van der Waals surface area contributed by atoms with E-state index in [4.69, 9.17) is 7.85 Å². The number of carbonyl (C=O) groups is 1. The van der Waals surface area contributed by atoms with Crippen LogP contribution in [0.15, 0.2) is 60.3 Å². The maximum absolute atomic E-state index is 12.4. The Bertz CT molecular complexity index is 1170. The molecule has 0 unspecified atom stereocenters. The fraction of sp³-hybridized carbons (Fsp3) is 0.174. The smallest absolute Gasteiger partial charge is 0.248 e. The lowest BCUT2D eigenvalue weighted by molar-refractivity contribution is -0.112. The van der Waals surface area contributed by atoms with Gasteiger partial charge in [-0.15, -0.1) is 0 Å². The minimum absolute atomic E-state index is 0.152. The van der Waals surface area contributed by atoms with Crippen molar-refractivity contribution in [1.82, 2.24) is 10.3 Å². The molecule has 3 N–H and O–H groups in total. The zero-order valence-corrected chi connectivity index (χ0v) is 16.4. The van der Waals surface area contributed by atoms with E-state index in [0.29, 0.717) is 22.4 Å². The highest BCUT2D eigenvalue weighted by Crippen LogP contribution is 2.30. The minimum atomic E-state index is -0.152. The van der Waals surface area contributed by atoms with E-state index < -0.39 is 0 Å². The first-order valence-electron chi connectivity index (χ1n) is 9.79. The molecule has 3 aromatic rings. The summed E-state index contributed by atoms with van der Waals surface area (Å²) < 4.78 is 0. The Kier molecular flexibility index (Phi) is 5.78. The summed E-state index contributed by atoms with van der Waals surface area (Å²) in [5, 5.41) is 19.8. The molecule has 1 fully saturated rings. The summed E-state index contributed by atoms with van der Waals surface area (Å²) in [4.78, 5) is 16.8. The molecule has 7 heteroatoms. The molecule has 4 rings (SSSR count). The van der Waals surface area contributed by atoms with Crippen molar-refractivity contribution in [2.75, 3.05) is 23.7 Å². The van der Waals surface area contributed by atoms with Gasteiger partial charge in [0, 0.05) is 29.0 Å². The predicted octanol–water partition coefficient (Wildman–Crippen LogP) is 2.89. The van der Waals surface area contributed by atoms with E-state index in [9.17, 15) is 10.1 Å². The van der Waals surface area contributed by atoms with Crippen molar-refractivity contribution < 1.29 is 4.79 Å². The molecule has 0 spiro atoms. The lowest BCUT2D eigenvalue weighted by atomic mass is 9.96. The second-order valence-corrected chi connectivity index (χ2v) is 7.18. The second-order valence-electron chi connectivity index (χ2n) is 7.18. The van der Waals surface area contributed by atoms with E-state index in [1.807, 2.05) is 30.3 Å². The summed E-state index contributed by atoms with van der Waals surface area (Å²) in [6.45, 7) is 1.80. The molecule has 0 atom stereocenters. The van der Waals surface area contributed by atoms with Gasteiger partial charge in [0.05, 0.1) is 16.8 Å². The van der Waals surface area contributed by atoms with Crippen molar-refractivity contribution in [3.63, 3.8) is 0 Å². The molecule has 2 aromatic carbocycles. The van der Waals surface area contributed by atoms with Gasteiger partial charge in [-0.05, 0) is 56.3 Å². The SMILES string of the molecule is [B]c1cccc(Nc2c(C#N)cnc3ccc(NC(=O)C=C4CCNCC4)cc23)c1. The number of nitrogens with one attached hydrogen (secondary N) is 3. The zero-order valence-electron chi connectivity index (χ0n) is 16.4. The van der Waals surface area contributed by atoms with Crippen LogP contribution >= 0.6 is 0 Å². The number of hydrogen-bond acceptors (Lipinski definition) is 5. The number of aromatic nitrogens is 1. The Morgan fingerprint density at radius 1 is 1.17 bits per heavy atom. The molecule has 2 radical (unpaired) electrons. The highest BCUT2D eigenvalue weighted by atomic mass is 16.1. The number of benzene rings is 2. The van der Waals surface area contributed by atoms with Crippen molar-refractivity contribution >= 4 is 47.2 Å². The van der Waals surface area contributed by atoms with Gasteiger partial charge in [-0.1, -0.05) is 23.2 Å². The van der Waals surface area contributed by atoms with E-state index >= 15 is 0 Å². The third-order valence-electron chi connectivity index (χ3n) is 4.99. The van der Waals surface area contributed by atoms with Crippen LogP contribution in [0.2, 0.25) is 0 Å². The summed E-state index contributed by atoms with van der Waals surface area (Å²) >= 11 is 0. The van der Waals surface area contributed by atoms with Crippen LogP contribution in [-0.4, -0.2) is 31.8 Å². The first-order valence-corrected chi connectivity index (χ1v) is 9.79. The van der Waals surface area contributed by atoms with E-state index in [2.05, 4.69) is 27.0 Å². The van der Waals surface area contributed by atoms with Crippen LogP contribution in [-0.2, 0) is 4.79 Å². The van der Waals surface area contributed by atoms with Gasteiger partial charge >= 0.3 is 0 Å². The Balaban J connectivity index is 1.66. The molecule has 1 amide bonds. The molecule has 0 aliphatic carbocycles. The van der Waals surface area contributed by atoms with Crippen molar-refractivity contribution in [2.45, 2.75) is 12.8 Å². The van der Waals surface area contributed by atoms with E-state index in [-0.39, 0.29) is 5.91 Å². The molecule has 1 saturated heterocycles. The molecular weight excluding hydrogens is 373 g/mol. The topological polar surface area (TPSA) is 89.8 Å². The number of hydrogen-bond donors (Lipinski definition) is 3. The standard InChI is InChI=1S/C23H20BN5O/c24-17-2-1-3-18(11-17)29-23-16(13-25)14-27-21-5-4-19(12-20(21)23)28-22(30)10-15-6-8-26-9-7-15/h1-5,10-12,14,26H,6-9H2,(H,27,29)(H,28,30). The van der Waals surface area contributed by atoms with Gasteiger partial charge in [0.2, 0.25) is 5.91 Å². The Labute approximate surface area is 176 Å². The molecule has 0 saturated carbocycles. The fourth-order valence-corrected chi connectivity index (χ4v) is 3.51. The quantitative estimate of drug-likeness (QED) is 0.469. The highest BCUT2D eigenvalue weighted by molar-refractivity contribution is 6.32. The van der Waals surface area contributed by atoms with Gasteiger partial charge in [-0.3, -0.25) is 9.78 Å². The van der Waals surface area contributed by atoms with Crippen LogP contribution < -0.4 is 21.4 Å². The molecule has 6 nitrogen and oxygen atoms in total. The van der Waals surface area contributed by atoms with E-state index in [1.165, 1.54) is 6.20 Å². The fourth-order valence-electron chi connectivity index (χ4n) is 3.51. The largest absolute Gasteiger partial charge is 0.354 e. The summed E-state index contributed by atoms with van der Waals surface area (Å²) in [7, 11) is 5.88. The highest BCUT2D eigenvalue weighted by Gasteiger charge is 2.12. The first kappa shape index (κ1) is 19.7. The van der Waals surface area contributed by atoms with Gasteiger partial charge in [0.15, 0.2) is 0 Å². The van der Waals surface area contributed by atoms with Gasteiger partial charge in [-0.2, -0.15) is 5.26 Å². The predicted molar refractivity (Wildman–Crippen MR) is 120 cm³/mol. The number of nitriles is 1. The molecular formula is C23H20BN5O. The average molecular weight is 393 g/mol. The Hall–Kier alpha value is -3.63. The second kappa shape index (κ2) is 8.81. The van der Waals surface area contributed by atoms with Gasteiger partial charge < -0.3 is 16.0 Å². The Morgan fingerprint density at radius 3 is 2.77 bits per heavy atom. The maximum atomic E-state index is 12.4. The normalized spacial score (nSPS) is 13.5. The van der Waals surface area contributed by atoms with Gasteiger partial charge in [0.1, 0.15) is 13.9 Å². The van der Waals surface area contributed by atoms with Crippen LogP contribution in [0, 0.1) is 11.3 Å². The summed E-state index contributed by atoms with van der Waals surface area (Å²) in [5.41, 5.74) is 4.93. The summed E-state index contributed by atoms with van der Waals surface area (Å²) in [5.74, 6) is -0.152. The Morgan fingerprint density at radius 2 is 2.00 bits per heavy atom. The maximum Gasteiger partial charge on any atom is 0.248 e. The summed E-state index contributed by atoms with van der Waals surface area (Å²) in [6.07, 6.45) is 4.99. The molecule has 0 bridgehead atoms. The number of carbonyl (C=O) groups excluding carboxylic acids is 1. The number of nitrogens with zero attached hydrogens (tertiary/aromatic N) is 2. The van der Waals surface area contributed by atoms with Gasteiger partial charge in [0.25, 0.3) is 0 Å². The van der Waals surface area contributed by atoms with Crippen LogP contribution in [0.1, 0.15) is 18.4 Å². The lowest BCUT2D eigenvalue weighted by Crippen LogP contribution is -2.24. The van der Waals surface area contributed by atoms with Crippen LogP contribution in [0.5, 0.6) is 0 Å². The lowest BCUT2D eigenvalue weighted by Gasteiger charge is -2.15. The van der Waals surface area contributed by atoms with E-state index in [0.717, 1.165) is 48.1 Å². The van der Waals surface area contributed by atoms with Crippen molar-refractivity contribution in [2.24, 2.45) is 0 Å². The number of rotatable bonds is 4. The summed E-state index contributed by atoms with van der Waals surface area (Å²) in [6, 6.07) is 15.0. The van der Waals surface area contributed by atoms with Crippen molar-refractivity contribution in [3.05, 3.63) is 65.9 Å². The third kappa shape index (κ3) is 4.50. The first-order chi connectivity index (χ1) is 14.6. The third-order valence-corrected chi connectivity index (χ3v) is 4.99. The van der Waals surface area contributed by atoms with Crippen LogP contribution in [0.4, 0.5) is 17.1 Å². The van der Waals surface area contributed by atoms with E-state index in [1.54, 1.807) is 18.2 Å². The number of anilines is 3. The van der Waals surface area contributed by atoms with Crippen LogP contribution in [0.25, 0.3) is 10.9 Å². The monoisotopic (exact) mass is 393 g/mol. The number of pyridine rings is 1. The molecule has 146 valence electrons. The molecule has 1 aromatic heterocycles. The number of piperidine rings is 1. The van der Waals surface area contributed by atoms with Gasteiger partial charge in [-0.25, -0.2) is 0 Å². The molecule has 1 aliphatic rings. The molecule has 1 aliphatic heterocycles. The van der Waals surface area contributed by atoms with Crippen LogP contribution in [0.3, 0.4) is 0 Å². The number of fused-ring (bicyclic) bond motifs is 1. The van der Waals surface area contributed by atoms with Crippen molar-refractivity contribution in [1.29, 1.82) is 5.26 Å². The number of amides is 1. The molecule has 30 heavy (non-hydrogen) atoms. The zero-order chi connectivity index (χ0) is 20.9.